The number of aromatic nitrogens is 2. The molecule has 1 aromatic carbocycles. The van der Waals surface area contributed by atoms with Crippen LogP contribution in [0.25, 0.3) is 11.3 Å². The smallest absolute Gasteiger partial charge is 0.317 e. The largest absolute Gasteiger partial charge is 0.335 e. The van der Waals surface area contributed by atoms with Gasteiger partial charge >= 0.3 is 6.03 Å². The van der Waals surface area contributed by atoms with Crippen molar-refractivity contribution < 1.29 is 7.86 Å². The molecule has 1 aliphatic carbocycles. The van der Waals surface area contributed by atoms with Gasteiger partial charge in [0.15, 0.2) is 0 Å². The highest BCUT2D eigenvalue weighted by Gasteiger charge is 2.35. The summed E-state index contributed by atoms with van der Waals surface area (Å²) in [6.07, 6.45) is 13.0. The van der Waals surface area contributed by atoms with E-state index in [0.717, 1.165) is 45.2 Å². The fourth-order valence-corrected chi connectivity index (χ4v) is 6.30. The molecule has 5 rings (SSSR count). The molecule has 1 aromatic heterocycles. The molecule has 0 bridgehead atoms. The van der Waals surface area contributed by atoms with Crippen LogP contribution in [0.3, 0.4) is 0 Å². The topological polar surface area (TPSA) is 59.4 Å². The maximum atomic E-state index is 12.7. The van der Waals surface area contributed by atoms with Crippen LogP contribution in [0.1, 0.15) is 63.0 Å². The van der Waals surface area contributed by atoms with Gasteiger partial charge in [-0.05, 0) is 43.6 Å². The van der Waals surface area contributed by atoms with Crippen molar-refractivity contribution in [1.82, 2.24) is 19.8 Å². The number of carbonyl (C=O) groups excluding carboxylic acids is 1. The first-order chi connectivity index (χ1) is 15.2. The summed E-state index contributed by atoms with van der Waals surface area (Å²) in [6, 6.07) is 9.40. The number of nitrogens with one attached hydrogen (secondary N) is 1. The maximum Gasteiger partial charge on any atom is 0.317 e. The van der Waals surface area contributed by atoms with Crippen molar-refractivity contribution >= 4 is 29.0 Å². The number of benzene rings is 1. The molecular formula is C24H31IN4O2. The average molecular weight is 534 g/mol. The van der Waals surface area contributed by atoms with Gasteiger partial charge in [0.1, 0.15) is 23.0 Å². The molecule has 3 aliphatic rings. The van der Waals surface area contributed by atoms with Gasteiger partial charge in [-0.25, -0.2) is 9.78 Å². The Kier molecular flexibility index (Phi) is 6.50. The molecule has 2 fully saturated rings. The van der Waals surface area contributed by atoms with E-state index in [0.29, 0.717) is 12.0 Å². The zero-order valence-electron chi connectivity index (χ0n) is 17.9. The van der Waals surface area contributed by atoms with Gasteiger partial charge in [0.25, 0.3) is 0 Å². The Hall–Kier alpha value is -1.61. The highest BCUT2D eigenvalue weighted by atomic mass is 127. The van der Waals surface area contributed by atoms with Crippen LogP contribution in [0.5, 0.6) is 0 Å². The van der Waals surface area contributed by atoms with Crippen molar-refractivity contribution in [3.05, 3.63) is 42.4 Å². The average Bonchev–Trinajstić information content (AvgIpc) is 3.40. The summed E-state index contributed by atoms with van der Waals surface area (Å²) >= 11 is 2.07. The number of urea groups is 1. The lowest BCUT2D eigenvalue weighted by Gasteiger charge is -2.37. The SMILES string of the molecule is O=C(NC1CCCCC1)N1CCC(C(CC2c3ccccc3-c3cncn32)OI)CC1. The molecule has 2 unspecified atom stereocenters. The minimum Gasteiger partial charge on any atom is -0.335 e. The molecule has 166 valence electrons. The molecule has 2 aromatic rings. The second-order valence-corrected chi connectivity index (χ2v) is 9.77. The molecule has 1 saturated heterocycles. The van der Waals surface area contributed by atoms with Gasteiger partial charge < -0.3 is 17.9 Å². The number of amides is 2. The highest BCUT2D eigenvalue weighted by Crippen LogP contribution is 2.43. The summed E-state index contributed by atoms with van der Waals surface area (Å²) in [5.41, 5.74) is 3.84. The number of rotatable bonds is 5. The van der Waals surface area contributed by atoms with Gasteiger partial charge in [0.05, 0.1) is 30.4 Å². The third kappa shape index (κ3) is 4.35. The van der Waals surface area contributed by atoms with Crippen LogP contribution in [0.2, 0.25) is 0 Å². The number of likely N-dealkylation sites (tertiary alicyclic amines) is 1. The fraction of sp³-hybridized carbons (Fsp3) is 0.583. The summed E-state index contributed by atoms with van der Waals surface area (Å²) in [7, 11) is 0. The Bertz CT molecular complexity index is 902. The molecular weight excluding hydrogens is 503 g/mol. The molecule has 2 amide bonds. The zero-order chi connectivity index (χ0) is 21.2. The number of carbonyl (C=O) groups is 1. The minimum atomic E-state index is 0.130. The lowest BCUT2D eigenvalue weighted by atomic mass is 9.86. The van der Waals surface area contributed by atoms with Crippen LogP contribution in [0, 0.1) is 5.92 Å². The first-order valence-corrected chi connectivity index (χ1v) is 12.6. The molecule has 1 N–H and O–H groups in total. The van der Waals surface area contributed by atoms with Crippen molar-refractivity contribution in [3.8, 4) is 11.3 Å². The van der Waals surface area contributed by atoms with Gasteiger partial charge in [0.2, 0.25) is 0 Å². The Morgan fingerprint density at radius 1 is 1.16 bits per heavy atom. The van der Waals surface area contributed by atoms with E-state index >= 15 is 0 Å². The Labute approximate surface area is 198 Å². The van der Waals surface area contributed by atoms with Crippen LogP contribution in [-0.4, -0.2) is 45.7 Å². The number of imidazole rings is 1. The van der Waals surface area contributed by atoms with Crippen LogP contribution >= 0.6 is 23.0 Å². The first-order valence-electron chi connectivity index (χ1n) is 11.7. The van der Waals surface area contributed by atoms with Gasteiger partial charge in [-0.2, -0.15) is 0 Å². The molecule has 2 aliphatic heterocycles. The molecule has 7 heteroatoms. The number of hydrogen-bond acceptors (Lipinski definition) is 3. The van der Waals surface area contributed by atoms with E-state index in [-0.39, 0.29) is 18.2 Å². The third-order valence-electron chi connectivity index (χ3n) is 7.45. The number of piperidine rings is 1. The highest BCUT2D eigenvalue weighted by molar-refractivity contribution is 14.1. The summed E-state index contributed by atoms with van der Waals surface area (Å²) in [6.45, 7) is 1.63. The van der Waals surface area contributed by atoms with Crippen LogP contribution < -0.4 is 5.32 Å². The van der Waals surface area contributed by atoms with Crippen molar-refractivity contribution in [2.75, 3.05) is 13.1 Å². The van der Waals surface area contributed by atoms with Gasteiger partial charge in [-0.15, -0.1) is 0 Å². The normalized spacial score (nSPS) is 22.7. The lowest BCUT2D eigenvalue weighted by Crippen LogP contribution is -2.49. The fourth-order valence-electron chi connectivity index (χ4n) is 5.68. The van der Waals surface area contributed by atoms with Crippen LogP contribution in [0.15, 0.2) is 36.8 Å². The molecule has 31 heavy (non-hydrogen) atoms. The van der Waals surface area contributed by atoms with Crippen LogP contribution in [-0.2, 0) is 3.07 Å². The van der Waals surface area contributed by atoms with E-state index in [4.69, 9.17) is 3.07 Å². The second-order valence-electron chi connectivity index (χ2n) is 9.26. The van der Waals surface area contributed by atoms with E-state index in [1.54, 1.807) is 0 Å². The van der Waals surface area contributed by atoms with E-state index < -0.39 is 0 Å². The quantitative estimate of drug-likeness (QED) is 0.528. The minimum absolute atomic E-state index is 0.130. The number of hydrogen-bond donors (Lipinski definition) is 1. The molecule has 1 saturated carbocycles. The maximum absolute atomic E-state index is 12.7. The van der Waals surface area contributed by atoms with E-state index in [9.17, 15) is 4.79 Å². The van der Waals surface area contributed by atoms with Crippen molar-refractivity contribution in [2.45, 2.75) is 69.6 Å². The predicted molar refractivity (Wildman–Crippen MR) is 129 cm³/mol. The Morgan fingerprint density at radius 2 is 1.94 bits per heavy atom. The lowest BCUT2D eigenvalue weighted by molar-refractivity contribution is 0.101. The third-order valence-corrected chi connectivity index (χ3v) is 8.11. The van der Waals surface area contributed by atoms with Crippen LogP contribution in [0.4, 0.5) is 4.79 Å². The zero-order valence-corrected chi connectivity index (χ0v) is 20.0. The molecule has 2 atom stereocenters. The van der Waals surface area contributed by atoms with Gasteiger partial charge in [0, 0.05) is 24.7 Å². The number of halogens is 1. The summed E-state index contributed by atoms with van der Waals surface area (Å²) in [4.78, 5) is 19.1. The van der Waals surface area contributed by atoms with Crippen molar-refractivity contribution in [1.29, 1.82) is 0 Å². The Balaban J connectivity index is 1.20. The van der Waals surface area contributed by atoms with Gasteiger partial charge in [-0.1, -0.05) is 43.5 Å². The summed E-state index contributed by atoms with van der Waals surface area (Å²) in [5.74, 6) is 0.468. The van der Waals surface area contributed by atoms with Crippen molar-refractivity contribution in [3.63, 3.8) is 0 Å². The molecule has 3 heterocycles. The predicted octanol–water partition coefficient (Wildman–Crippen LogP) is 5.33. The second kappa shape index (κ2) is 9.48. The van der Waals surface area contributed by atoms with E-state index in [2.05, 4.69) is 62.1 Å². The van der Waals surface area contributed by atoms with E-state index in [1.807, 2.05) is 17.4 Å². The molecule has 0 radical (unpaired) electrons. The van der Waals surface area contributed by atoms with Gasteiger partial charge in [-0.3, -0.25) is 0 Å². The first kappa shape index (κ1) is 21.2. The monoisotopic (exact) mass is 534 g/mol. The van der Waals surface area contributed by atoms with E-state index in [1.165, 1.54) is 36.1 Å². The molecule has 0 spiro atoms. The summed E-state index contributed by atoms with van der Waals surface area (Å²) < 4.78 is 8.28. The number of fused-ring (bicyclic) bond motifs is 3. The number of nitrogens with zero attached hydrogens (tertiary/aromatic N) is 3. The molecule has 6 nitrogen and oxygen atoms in total. The van der Waals surface area contributed by atoms with Crippen molar-refractivity contribution in [2.24, 2.45) is 5.92 Å². The Morgan fingerprint density at radius 3 is 2.71 bits per heavy atom. The standard InChI is InChI=1S/C24H31IN4O2/c25-31-23(14-21-19-8-4-5-9-20(19)22-15-26-16-29(21)22)17-10-12-28(13-11-17)24(30)27-18-6-2-1-3-7-18/h4-5,8-9,15-18,21,23H,1-3,6-7,10-14H2,(H,27,30). The summed E-state index contributed by atoms with van der Waals surface area (Å²) in [5, 5.41) is 3.27.